The number of guanidine groups is 1. The van der Waals surface area contributed by atoms with Crippen LogP contribution in [0.15, 0.2) is 29.5 Å². The Balaban J connectivity index is 0.00000192. The van der Waals surface area contributed by atoms with Crippen molar-refractivity contribution in [3.63, 3.8) is 0 Å². The topological polar surface area (TPSA) is 67.7 Å². The van der Waals surface area contributed by atoms with Crippen LogP contribution in [0.1, 0.15) is 43.4 Å². The van der Waals surface area contributed by atoms with E-state index in [1.807, 2.05) is 12.3 Å². The normalized spacial score (nSPS) is 16.3. The van der Waals surface area contributed by atoms with Gasteiger partial charge in [-0.1, -0.05) is 25.3 Å². The third-order valence-electron chi connectivity index (χ3n) is 4.34. The molecule has 126 valence electrons. The molecule has 0 radical (unpaired) electrons. The molecule has 2 aromatic rings. The molecule has 3 N–H and O–H groups in total. The summed E-state index contributed by atoms with van der Waals surface area (Å²) in [5.41, 5.74) is 9.25. The Labute approximate surface area is 154 Å². The highest BCUT2D eigenvalue weighted by atomic mass is 127. The van der Waals surface area contributed by atoms with E-state index < -0.39 is 0 Å². The van der Waals surface area contributed by atoms with Gasteiger partial charge in [0, 0.05) is 31.4 Å². The number of pyridine rings is 1. The summed E-state index contributed by atoms with van der Waals surface area (Å²) >= 11 is 0. The molecule has 0 atom stereocenters. The molecule has 23 heavy (non-hydrogen) atoms. The maximum absolute atomic E-state index is 5.98. The monoisotopic (exact) mass is 427 g/mol. The molecule has 0 aromatic carbocycles. The van der Waals surface area contributed by atoms with E-state index in [0.717, 1.165) is 17.8 Å². The first kappa shape index (κ1) is 18.0. The maximum atomic E-state index is 5.98. The molecule has 0 spiro atoms. The number of aliphatic imine (C=N–C) groups is 1. The van der Waals surface area contributed by atoms with E-state index in [4.69, 9.17) is 5.73 Å². The number of hydrogen-bond acceptors (Lipinski definition) is 2. The van der Waals surface area contributed by atoms with Crippen molar-refractivity contribution in [2.24, 2.45) is 10.7 Å². The van der Waals surface area contributed by atoms with Gasteiger partial charge in [-0.25, -0.2) is 4.98 Å². The van der Waals surface area contributed by atoms with Gasteiger partial charge in [-0.3, -0.25) is 4.99 Å². The van der Waals surface area contributed by atoms with Crippen LogP contribution in [0.5, 0.6) is 0 Å². The lowest BCUT2D eigenvalue weighted by molar-refractivity contribution is 0.412. The van der Waals surface area contributed by atoms with Crippen molar-refractivity contribution < 1.29 is 0 Å². The maximum Gasteiger partial charge on any atom is 0.188 e. The Morgan fingerprint density at radius 3 is 2.91 bits per heavy atom. The van der Waals surface area contributed by atoms with E-state index in [0.29, 0.717) is 18.5 Å². The Morgan fingerprint density at radius 1 is 1.39 bits per heavy atom. The van der Waals surface area contributed by atoms with Crippen LogP contribution in [0.25, 0.3) is 5.65 Å². The number of aromatic nitrogens is 2. The van der Waals surface area contributed by atoms with Crippen molar-refractivity contribution in [2.45, 2.75) is 51.5 Å². The standard InChI is InChI=1S/C17H25N5.HI/c1-13-6-5-11-22-12-15(20-16(13)22)9-10-19-17(18)21-14-7-3-2-4-8-14;/h5-6,11-12,14H,2-4,7-10H2,1H3,(H3,18,19,21);1H. The summed E-state index contributed by atoms with van der Waals surface area (Å²) in [5, 5.41) is 3.34. The molecule has 0 bridgehead atoms. The number of halogens is 1. The summed E-state index contributed by atoms with van der Waals surface area (Å²) in [5.74, 6) is 0.576. The number of aryl methyl sites for hydroxylation is 1. The van der Waals surface area contributed by atoms with Gasteiger partial charge in [0.15, 0.2) is 5.96 Å². The van der Waals surface area contributed by atoms with Crippen LogP contribution in [0.2, 0.25) is 0 Å². The Morgan fingerprint density at radius 2 is 2.17 bits per heavy atom. The zero-order chi connectivity index (χ0) is 15.4. The predicted molar refractivity (Wildman–Crippen MR) is 106 cm³/mol. The summed E-state index contributed by atoms with van der Waals surface area (Å²) in [6, 6.07) is 4.63. The van der Waals surface area contributed by atoms with Crippen LogP contribution in [0.3, 0.4) is 0 Å². The van der Waals surface area contributed by atoms with E-state index in [1.54, 1.807) is 0 Å². The van der Waals surface area contributed by atoms with Gasteiger partial charge in [0.1, 0.15) is 5.65 Å². The van der Waals surface area contributed by atoms with Gasteiger partial charge < -0.3 is 15.5 Å². The molecule has 0 amide bonds. The van der Waals surface area contributed by atoms with Gasteiger partial charge >= 0.3 is 0 Å². The first-order valence-corrected chi connectivity index (χ1v) is 8.22. The smallest absolute Gasteiger partial charge is 0.188 e. The Hall–Kier alpha value is -1.31. The second kappa shape index (κ2) is 8.52. The van der Waals surface area contributed by atoms with Crippen LogP contribution in [-0.2, 0) is 6.42 Å². The molecule has 2 aromatic heterocycles. The first-order valence-electron chi connectivity index (χ1n) is 8.22. The summed E-state index contributed by atoms with van der Waals surface area (Å²) in [4.78, 5) is 9.10. The third-order valence-corrected chi connectivity index (χ3v) is 4.34. The number of hydrogen-bond donors (Lipinski definition) is 2. The quantitative estimate of drug-likeness (QED) is 0.448. The van der Waals surface area contributed by atoms with Gasteiger partial charge in [0.25, 0.3) is 0 Å². The van der Waals surface area contributed by atoms with E-state index in [-0.39, 0.29) is 24.0 Å². The lowest BCUT2D eigenvalue weighted by Gasteiger charge is -2.23. The van der Waals surface area contributed by atoms with Crippen LogP contribution >= 0.6 is 24.0 Å². The molecule has 1 aliphatic rings. The molecular formula is C17H26IN5. The number of imidazole rings is 1. The summed E-state index contributed by atoms with van der Waals surface area (Å²) in [7, 11) is 0. The molecular weight excluding hydrogens is 401 g/mol. The molecule has 1 fully saturated rings. The zero-order valence-corrected chi connectivity index (χ0v) is 16.0. The second-order valence-corrected chi connectivity index (χ2v) is 6.15. The fourth-order valence-electron chi connectivity index (χ4n) is 3.12. The van der Waals surface area contributed by atoms with Gasteiger partial charge in [0.05, 0.1) is 5.69 Å². The minimum Gasteiger partial charge on any atom is -0.370 e. The van der Waals surface area contributed by atoms with Crippen molar-refractivity contribution in [2.75, 3.05) is 6.54 Å². The molecule has 2 heterocycles. The Bertz CT molecular complexity index is 658. The van der Waals surface area contributed by atoms with Crippen LogP contribution < -0.4 is 11.1 Å². The van der Waals surface area contributed by atoms with E-state index in [9.17, 15) is 0 Å². The SMILES string of the molecule is Cc1cccn2cc(CCN=C(N)NC3CCCCC3)nc12.I. The second-order valence-electron chi connectivity index (χ2n) is 6.15. The van der Waals surface area contributed by atoms with Gasteiger partial charge in [-0.2, -0.15) is 0 Å². The number of nitrogens with zero attached hydrogens (tertiary/aromatic N) is 3. The molecule has 1 saturated carbocycles. The van der Waals surface area contributed by atoms with E-state index >= 15 is 0 Å². The fourth-order valence-corrected chi connectivity index (χ4v) is 3.12. The molecule has 1 aliphatic carbocycles. The van der Waals surface area contributed by atoms with Gasteiger partial charge in [-0.05, 0) is 31.4 Å². The van der Waals surface area contributed by atoms with Gasteiger partial charge in [-0.15, -0.1) is 24.0 Å². The van der Waals surface area contributed by atoms with E-state index in [2.05, 4.69) is 38.9 Å². The van der Waals surface area contributed by atoms with Crippen molar-refractivity contribution in [1.29, 1.82) is 0 Å². The molecule has 5 nitrogen and oxygen atoms in total. The van der Waals surface area contributed by atoms with Crippen LogP contribution in [-0.4, -0.2) is 27.9 Å². The van der Waals surface area contributed by atoms with Crippen molar-refractivity contribution in [1.82, 2.24) is 14.7 Å². The largest absolute Gasteiger partial charge is 0.370 e. The number of rotatable bonds is 4. The number of nitrogens with one attached hydrogen (secondary N) is 1. The molecule has 0 saturated heterocycles. The highest BCUT2D eigenvalue weighted by Crippen LogP contribution is 2.17. The van der Waals surface area contributed by atoms with Crippen LogP contribution in [0.4, 0.5) is 0 Å². The highest BCUT2D eigenvalue weighted by Gasteiger charge is 2.13. The molecule has 0 unspecified atom stereocenters. The molecule has 0 aliphatic heterocycles. The van der Waals surface area contributed by atoms with Gasteiger partial charge in [0.2, 0.25) is 0 Å². The lowest BCUT2D eigenvalue weighted by Crippen LogP contribution is -2.41. The fraction of sp³-hybridized carbons (Fsp3) is 0.529. The third kappa shape index (κ3) is 4.83. The summed E-state index contributed by atoms with van der Waals surface area (Å²) < 4.78 is 2.07. The van der Waals surface area contributed by atoms with E-state index in [1.165, 1.54) is 37.7 Å². The van der Waals surface area contributed by atoms with Crippen molar-refractivity contribution in [3.8, 4) is 0 Å². The van der Waals surface area contributed by atoms with Crippen molar-refractivity contribution in [3.05, 3.63) is 35.8 Å². The van der Waals surface area contributed by atoms with Crippen LogP contribution in [0, 0.1) is 6.92 Å². The number of nitrogens with two attached hydrogens (primary N) is 1. The summed E-state index contributed by atoms with van der Waals surface area (Å²) in [6.07, 6.45) is 11.3. The summed E-state index contributed by atoms with van der Waals surface area (Å²) in [6.45, 7) is 2.75. The van der Waals surface area contributed by atoms with Crippen molar-refractivity contribution >= 4 is 35.6 Å². The molecule has 3 rings (SSSR count). The zero-order valence-electron chi connectivity index (χ0n) is 13.7. The number of fused-ring (bicyclic) bond motifs is 1. The lowest BCUT2D eigenvalue weighted by atomic mass is 9.96. The average molecular weight is 427 g/mol. The highest BCUT2D eigenvalue weighted by molar-refractivity contribution is 14.0. The Kier molecular flexibility index (Phi) is 6.68. The minimum absolute atomic E-state index is 0. The average Bonchev–Trinajstić information content (AvgIpc) is 2.93. The first-order chi connectivity index (χ1) is 10.7. The molecule has 6 heteroatoms. The minimum atomic E-state index is 0. The predicted octanol–water partition coefficient (Wildman–Crippen LogP) is 3.04.